The van der Waals surface area contributed by atoms with E-state index in [1.165, 1.54) is 18.2 Å². The summed E-state index contributed by atoms with van der Waals surface area (Å²) >= 11 is 0. The number of hydrogen-bond donors (Lipinski definition) is 2. The van der Waals surface area contributed by atoms with Gasteiger partial charge in [-0.25, -0.2) is 17.6 Å². The molecule has 3 saturated heterocycles. The Kier molecular flexibility index (Phi) is 6.89. The molecule has 7 nitrogen and oxygen atoms in total. The number of alkyl halides is 2. The molecule has 1 aromatic heterocycles. The van der Waals surface area contributed by atoms with E-state index in [9.17, 15) is 13.9 Å². The average Bonchev–Trinajstić information content (AvgIpc) is 3.91. The molecule has 3 unspecified atom stereocenters. The number of halogens is 4. The zero-order valence-corrected chi connectivity index (χ0v) is 27.0. The molecule has 0 radical (unpaired) electrons. The van der Waals surface area contributed by atoms with Crippen LogP contribution < -0.4 is 15.0 Å². The van der Waals surface area contributed by atoms with E-state index >= 15 is 8.78 Å². The molecule has 2 saturated carbocycles. The van der Waals surface area contributed by atoms with Crippen molar-refractivity contribution in [2.45, 2.75) is 63.0 Å². The molecule has 254 valence electrons. The third-order valence-electron chi connectivity index (χ3n) is 11.6. The Hall–Kier alpha value is -4.14. The second kappa shape index (κ2) is 10.9. The number of aromatic nitrogens is 2. The smallest absolute Gasteiger partial charge is 0.319 e. The van der Waals surface area contributed by atoms with Crippen LogP contribution in [0.1, 0.15) is 50.5 Å². The lowest BCUT2D eigenvalue weighted by molar-refractivity contribution is 0.0167. The molecule has 9 rings (SSSR count). The fraction of sp³-hybridized carbons (Fsp3) is 0.474. The number of likely N-dealkylation sites (tertiary alicyclic amines) is 1. The van der Waals surface area contributed by atoms with Crippen molar-refractivity contribution in [3.8, 4) is 35.2 Å². The second-order valence-electron chi connectivity index (χ2n) is 15.1. The second-order valence-corrected chi connectivity index (χ2v) is 15.1. The van der Waals surface area contributed by atoms with Gasteiger partial charge in [-0.05, 0) is 74.7 Å². The van der Waals surface area contributed by atoms with Gasteiger partial charge in [-0.2, -0.15) is 9.97 Å². The van der Waals surface area contributed by atoms with Crippen molar-refractivity contribution >= 4 is 27.5 Å². The molecule has 3 atom stereocenters. The van der Waals surface area contributed by atoms with Crippen LogP contribution in [0.25, 0.3) is 32.8 Å². The summed E-state index contributed by atoms with van der Waals surface area (Å²) in [6.07, 6.45) is 10.9. The molecular formula is C38H37F4N5O2. The molecule has 5 fully saturated rings. The van der Waals surface area contributed by atoms with Gasteiger partial charge in [0.2, 0.25) is 0 Å². The third kappa shape index (κ3) is 5.18. The Bertz CT molecular complexity index is 2050. The fourth-order valence-electron chi connectivity index (χ4n) is 8.81. The van der Waals surface area contributed by atoms with Crippen molar-refractivity contribution in [1.82, 2.24) is 20.2 Å². The largest absolute Gasteiger partial charge is 0.508 e. The van der Waals surface area contributed by atoms with Crippen molar-refractivity contribution in [3.05, 3.63) is 53.6 Å². The number of fused-ring (bicyclic) bond motifs is 4. The Morgan fingerprint density at radius 3 is 2.55 bits per heavy atom. The number of hydrogen-bond acceptors (Lipinski definition) is 7. The highest BCUT2D eigenvalue weighted by Crippen LogP contribution is 2.65. The summed E-state index contributed by atoms with van der Waals surface area (Å²) < 4.78 is 67.9. The standard InChI is InChI=1S/C38H37F4N5O2/c1-2-22-5-3-6-23-13-26(48)14-27(30(22)23)31-29(39)15-28-33(32(31)40)44-35(45-34(28)47-16-24-7-8-25(17-47)43-24)49-21-36(10-11-36)19-46-12-4-9-37(20-46)18-38(37,41)42/h1,3,5-6,13-15,24-25,43,48H,4,7-12,16-21H2. The molecule has 4 heterocycles. The van der Waals surface area contributed by atoms with Gasteiger partial charge in [0.15, 0.2) is 5.82 Å². The maximum absolute atomic E-state index is 16.9. The zero-order chi connectivity index (χ0) is 33.7. The number of rotatable bonds is 7. The van der Waals surface area contributed by atoms with Gasteiger partial charge in [0.25, 0.3) is 5.92 Å². The SMILES string of the molecule is C#Cc1cccc2cc(O)cc(-c3c(F)cc4c(N5CC6CCC(C5)N6)nc(OCC5(CN6CCCC7(C6)CC7(F)F)CC5)nc4c3F)c12. The molecule has 4 aromatic rings. The third-order valence-corrected chi connectivity index (χ3v) is 11.6. The van der Waals surface area contributed by atoms with Crippen molar-refractivity contribution in [1.29, 1.82) is 0 Å². The number of ether oxygens (including phenoxy) is 1. The lowest BCUT2D eigenvalue weighted by atomic mass is 9.93. The minimum absolute atomic E-state index is 0.00923. The number of phenols is 1. The Labute approximate surface area is 281 Å². The summed E-state index contributed by atoms with van der Waals surface area (Å²) in [5.74, 6) is -1.44. The number of nitrogens with zero attached hydrogens (tertiary/aromatic N) is 4. The van der Waals surface area contributed by atoms with Crippen LogP contribution in [-0.4, -0.2) is 77.3 Å². The van der Waals surface area contributed by atoms with Gasteiger partial charge in [-0.15, -0.1) is 6.42 Å². The monoisotopic (exact) mass is 671 g/mol. The number of anilines is 1. The molecule has 49 heavy (non-hydrogen) atoms. The van der Waals surface area contributed by atoms with Gasteiger partial charge in [0.05, 0.1) is 17.6 Å². The predicted octanol–water partition coefficient (Wildman–Crippen LogP) is 6.64. The van der Waals surface area contributed by atoms with Gasteiger partial charge in [0, 0.05) is 72.0 Å². The van der Waals surface area contributed by atoms with E-state index in [1.807, 2.05) is 0 Å². The molecule has 3 aliphatic heterocycles. The van der Waals surface area contributed by atoms with E-state index in [0.29, 0.717) is 54.8 Å². The molecule has 1 spiro atoms. The van der Waals surface area contributed by atoms with E-state index in [4.69, 9.17) is 16.1 Å². The normalized spacial score (nSPS) is 26.7. The first-order valence-corrected chi connectivity index (χ1v) is 17.2. The maximum Gasteiger partial charge on any atom is 0.319 e. The highest BCUT2D eigenvalue weighted by atomic mass is 19.3. The van der Waals surface area contributed by atoms with E-state index in [1.54, 1.807) is 18.2 Å². The van der Waals surface area contributed by atoms with Gasteiger partial charge in [0.1, 0.15) is 22.9 Å². The average molecular weight is 672 g/mol. The molecule has 11 heteroatoms. The number of nitrogens with one attached hydrogen (secondary N) is 1. The van der Waals surface area contributed by atoms with Crippen LogP contribution in [0.15, 0.2) is 36.4 Å². The van der Waals surface area contributed by atoms with Crippen LogP contribution in [0.3, 0.4) is 0 Å². The number of benzene rings is 3. The lowest BCUT2D eigenvalue weighted by Crippen LogP contribution is -2.51. The zero-order valence-electron chi connectivity index (χ0n) is 27.0. The van der Waals surface area contributed by atoms with Crippen LogP contribution in [0.4, 0.5) is 23.4 Å². The van der Waals surface area contributed by atoms with Gasteiger partial charge in [-0.3, -0.25) is 0 Å². The number of terminal acetylenes is 1. The summed E-state index contributed by atoms with van der Waals surface area (Å²) in [4.78, 5) is 13.5. The Morgan fingerprint density at radius 1 is 1.06 bits per heavy atom. The molecule has 5 aliphatic rings. The summed E-state index contributed by atoms with van der Waals surface area (Å²) in [7, 11) is 0. The topological polar surface area (TPSA) is 73.8 Å². The first kappa shape index (κ1) is 30.9. The summed E-state index contributed by atoms with van der Waals surface area (Å²) in [6.45, 7) is 3.35. The maximum atomic E-state index is 16.9. The predicted molar refractivity (Wildman–Crippen MR) is 179 cm³/mol. The van der Waals surface area contributed by atoms with Gasteiger partial charge in [-0.1, -0.05) is 18.1 Å². The quantitative estimate of drug-likeness (QED) is 0.169. The van der Waals surface area contributed by atoms with Crippen molar-refractivity contribution < 1.29 is 27.4 Å². The molecule has 3 aromatic carbocycles. The van der Waals surface area contributed by atoms with Crippen LogP contribution in [0, 0.1) is 34.8 Å². The number of piperazine rings is 1. The molecular weight excluding hydrogens is 634 g/mol. The van der Waals surface area contributed by atoms with E-state index < -0.39 is 23.0 Å². The summed E-state index contributed by atoms with van der Waals surface area (Å²) in [5.41, 5.74) is -0.963. The summed E-state index contributed by atoms with van der Waals surface area (Å²) in [6, 6.07) is 9.73. The molecule has 0 amide bonds. The van der Waals surface area contributed by atoms with Crippen LogP contribution in [0.5, 0.6) is 11.8 Å². The van der Waals surface area contributed by atoms with E-state index in [0.717, 1.165) is 38.6 Å². The van der Waals surface area contributed by atoms with Crippen molar-refractivity contribution in [2.24, 2.45) is 10.8 Å². The first-order valence-electron chi connectivity index (χ1n) is 17.2. The van der Waals surface area contributed by atoms with Crippen LogP contribution in [-0.2, 0) is 0 Å². The van der Waals surface area contributed by atoms with Crippen LogP contribution >= 0.6 is 0 Å². The highest BCUT2D eigenvalue weighted by molar-refractivity contribution is 6.04. The molecule has 2 N–H and O–H groups in total. The van der Waals surface area contributed by atoms with Gasteiger partial charge < -0.3 is 25.0 Å². The lowest BCUT2D eigenvalue weighted by Gasteiger charge is -2.35. The number of aromatic hydroxyl groups is 1. The van der Waals surface area contributed by atoms with Crippen LogP contribution in [0.2, 0.25) is 0 Å². The number of phenolic OH excluding ortho intramolecular Hbond substituents is 1. The number of piperidine rings is 1. The Balaban J connectivity index is 1.10. The van der Waals surface area contributed by atoms with Crippen molar-refractivity contribution in [3.63, 3.8) is 0 Å². The molecule has 2 bridgehead atoms. The summed E-state index contributed by atoms with van der Waals surface area (Å²) in [5, 5.41) is 15.4. The van der Waals surface area contributed by atoms with E-state index in [2.05, 4.69) is 26.0 Å². The minimum Gasteiger partial charge on any atom is -0.508 e. The fourth-order valence-corrected chi connectivity index (χ4v) is 8.81. The van der Waals surface area contributed by atoms with Crippen molar-refractivity contribution in [2.75, 3.05) is 44.2 Å². The van der Waals surface area contributed by atoms with Gasteiger partial charge >= 0.3 is 6.01 Å². The van der Waals surface area contributed by atoms with E-state index in [-0.39, 0.29) is 64.3 Å². The highest BCUT2D eigenvalue weighted by Gasteiger charge is 2.71. The minimum atomic E-state index is -2.58. The Morgan fingerprint density at radius 2 is 1.84 bits per heavy atom. The molecule has 2 aliphatic carbocycles. The first-order chi connectivity index (χ1) is 23.6.